The van der Waals surface area contributed by atoms with Crippen LogP contribution in [0.2, 0.25) is 0 Å². The molecule has 0 spiro atoms. The summed E-state index contributed by atoms with van der Waals surface area (Å²) in [4.78, 5) is 14.3. The summed E-state index contributed by atoms with van der Waals surface area (Å²) < 4.78 is 28.1. The highest BCUT2D eigenvalue weighted by Crippen LogP contribution is 2.29. The van der Waals surface area contributed by atoms with E-state index in [4.69, 9.17) is 0 Å². The topological polar surface area (TPSA) is 78.5 Å². The van der Waals surface area contributed by atoms with Gasteiger partial charge >= 0.3 is 0 Å². The molecule has 1 aromatic rings. The molecule has 1 aromatic carbocycles. The van der Waals surface area contributed by atoms with Gasteiger partial charge in [0.2, 0.25) is 15.9 Å². The molecule has 0 heterocycles. The van der Waals surface area contributed by atoms with Crippen LogP contribution in [0.5, 0.6) is 0 Å². The van der Waals surface area contributed by atoms with Gasteiger partial charge in [-0.25, -0.2) is 13.1 Å². The van der Waals surface area contributed by atoms with E-state index >= 15 is 0 Å². The van der Waals surface area contributed by atoms with Gasteiger partial charge in [0.05, 0.1) is 4.90 Å². The molecule has 0 aromatic heterocycles. The van der Waals surface area contributed by atoms with Crippen molar-refractivity contribution in [3.63, 3.8) is 0 Å². The molecule has 0 atom stereocenters. The third-order valence-corrected chi connectivity index (χ3v) is 6.93. The Morgan fingerprint density at radius 3 is 1.92 bits per heavy atom. The average Bonchev–Trinajstić information content (AvgIpc) is 2.57. The van der Waals surface area contributed by atoms with Crippen molar-refractivity contribution in [3.05, 3.63) is 27.8 Å². The lowest BCUT2D eigenvalue weighted by molar-refractivity contribution is -0.120. The molecule has 7 heteroatoms. The summed E-state index contributed by atoms with van der Waals surface area (Å²) >= 11 is 0. The minimum Gasteiger partial charge on any atom is -0.355 e. The molecule has 0 aliphatic heterocycles. The molecule has 1 rings (SSSR count). The van der Waals surface area contributed by atoms with Crippen molar-refractivity contribution in [1.82, 2.24) is 14.9 Å². The number of benzene rings is 1. The molecule has 0 bridgehead atoms. The number of hydrogen-bond acceptors (Lipinski definition) is 4. The van der Waals surface area contributed by atoms with Gasteiger partial charge in [0.1, 0.15) is 0 Å². The number of carbonyl (C=O) groups excluding carboxylic acids is 1. The van der Waals surface area contributed by atoms with E-state index in [1.54, 1.807) is 0 Å². The Bertz CT molecular complexity index is 729. The Morgan fingerprint density at radius 2 is 1.42 bits per heavy atom. The lowest BCUT2D eigenvalue weighted by Crippen LogP contribution is -2.35. The Balaban J connectivity index is 2.73. The van der Waals surface area contributed by atoms with Crippen molar-refractivity contribution in [2.24, 2.45) is 0 Å². The predicted molar refractivity (Wildman–Crippen MR) is 106 cm³/mol. The molecule has 6 nitrogen and oxygen atoms in total. The van der Waals surface area contributed by atoms with Gasteiger partial charge in [-0.15, -0.1) is 0 Å². The van der Waals surface area contributed by atoms with Gasteiger partial charge in [0.15, 0.2) is 0 Å². The van der Waals surface area contributed by atoms with Crippen LogP contribution in [0.3, 0.4) is 0 Å². The monoisotopic (exact) mass is 383 g/mol. The van der Waals surface area contributed by atoms with Crippen molar-refractivity contribution in [2.75, 3.05) is 33.2 Å². The van der Waals surface area contributed by atoms with Crippen molar-refractivity contribution in [3.8, 4) is 0 Å². The fraction of sp³-hybridized carbons (Fsp3) is 0.632. The molecule has 0 aliphatic rings. The normalized spacial score (nSPS) is 11.8. The molecule has 0 saturated carbocycles. The molecule has 2 N–H and O–H groups in total. The molecule has 26 heavy (non-hydrogen) atoms. The number of nitrogens with one attached hydrogen (secondary N) is 2. The SMILES string of the molecule is CCN(C)CCNC(=O)CCNS(=O)(=O)c1c(C)c(C)c(C)c(C)c1C. The van der Waals surface area contributed by atoms with Crippen molar-refractivity contribution in [1.29, 1.82) is 0 Å². The molecular formula is C19H33N3O3S. The summed E-state index contributed by atoms with van der Waals surface area (Å²) in [7, 11) is -1.67. The van der Waals surface area contributed by atoms with Crippen molar-refractivity contribution >= 4 is 15.9 Å². The summed E-state index contributed by atoms with van der Waals surface area (Å²) in [5, 5.41) is 2.81. The first-order valence-electron chi connectivity index (χ1n) is 9.04. The van der Waals surface area contributed by atoms with Crippen LogP contribution >= 0.6 is 0 Å². The van der Waals surface area contributed by atoms with E-state index in [0.29, 0.717) is 11.4 Å². The fourth-order valence-corrected chi connectivity index (χ4v) is 4.50. The van der Waals surface area contributed by atoms with Crippen LogP contribution in [0.1, 0.15) is 41.2 Å². The quantitative estimate of drug-likeness (QED) is 0.683. The second-order valence-electron chi connectivity index (χ2n) is 6.85. The molecule has 0 saturated heterocycles. The fourth-order valence-electron chi connectivity index (χ4n) is 2.87. The average molecular weight is 384 g/mol. The second kappa shape index (κ2) is 9.48. The molecule has 0 aliphatic carbocycles. The molecule has 0 unspecified atom stereocenters. The van der Waals surface area contributed by atoms with E-state index in [-0.39, 0.29) is 18.9 Å². The summed E-state index contributed by atoms with van der Waals surface area (Å²) in [5.41, 5.74) is 4.64. The van der Waals surface area contributed by atoms with E-state index in [1.165, 1.54) is 0 Å². The van der Waals surface area contributed by atoms with Gasteiger partial charge in [-0.05, 0) is 76.0 Å². The zero-order valence-electron chi connectivity index (χ0n) is 17.1. The van der Waals surface area contributed by atoms with Crippen molar-refractivity contribution < 1.29 is 13.2 Å². The Hall–Kier alpha value is -1.44. The number of likely N-dealkylation sites (N-methyl/N-ethyl adjacent to an activating group) is 1. The second-order valence-corrected chi connectivity index (χ2v) is 8.55. The Labute approximate surface area is 158 Å². The van der Waals surface area contributed by atoms with E-state index in [1.807, 2.05) is 41.7 Å². The maximum Gasteiger partial charge on any atom is 0.241 e. The summed E-state index contributed by atoms with van der Waals surface area (Å²) in [6.07, 6.45) is 0.122. The summed E-state index contributed by atoms with van der Waals surface area (Å²) in [6.45, 7) is 13.9. The minimum atomic E-state index is -3.66. The smallest absolute Gasteiger partial charge is 0.241 e. The lowest BCUT2D eigenvalue weighted by atomic mass is 9.95. The van der Waals surface area contributed by atoms with E-state index in [9.17, 15) is 13.2 Å². The van der Waals surface area contributed by atoms with Crippen LogP contribution in [0.4, 0.5) is 0 Å². The van der Waals surface area contributed by atoms with Gasteiger partial charge in [-0.2, -0.15) is 0 Å². The van der Waals surface area contributed by atoms with Gasteiger partial charge in [-0.1, -0.05) is 6.92 Å². The zero-order valence-corrected chi connectivity index (χ0v) is 17.9. The first-order chi connectivity index (χ1) is 12.0. The van der Waals surface area contributed by atoms with E-state index in [0.717, 1.165) is 40.9 Å². The maximum absolute atomic E-state index is 12.8. The van der Waals surface area contributed by atoms with Crippen LogP contribution in [0.15, 0.2) is 4.90 Å². The molecule has 1 amide bonds. The van der Waals surface area contributed by atoms with Gasteiger partial charge in [0.25, 0.3) is 0 Å². The highest BCUT2D eigenvalue weighted by atomic mass is 32.2. The Morgan fingerprint density at radius 1 is 0.923 bits per heavy atom. The van der Waals surface area contributed by atoms with E-state index in [2.05, 4.69) is 21.9 Å². The maximum atomic E-state index is 12.8. The van der Waals surface area contributed by atoms with Crippen LogP contribution < -0.4 is 10.0 Å². The molecular weight excluding hydrogens is 350 g/mol. The first kappa shape index (κ1) is 22.6. The van der Waals surface area contributed by atoms with Gasteiger partial charge < -0.3 is 10.2 Å². The zero-order chi connectivity index (χ0) is 20.1. The van der Waals surface area contributed by atoms with E-state index < -0.39 is 10.0 Å². The number of nitrogens with zero attached hydrogens (tertiary/aromatic N) is 1. The van der Waals surface area contributed by atoms with Crippen LogP contribution in [0, 0.1) is 34.6 Å². The number of sulfonamides is 1. The standard InChI is InChI=1S/C19H33N3O3S/c1-8-22(7)12-11-20-18(23)9-10-21-26(24,25)19-16(5)14(3)13(2)15(4)17(19)6/h21H,8-12H2,1-7H3,(H,20,23). The van der Waals surface area contributed by atoms with Gasteiger partial charge in [0, 0.05) is 26.1 Å². The molecule has 148 valence electrons. The molecule has 0 radical (unpaired) electrons. The van der Waals surface area contributed by atoms with Gasteiger partial charge in [-0.3, -0.25) is 4.79 Å². The van der Waals surface area contributed by atoms with Crippen LogP contribution in [-0.4, -0.2) is 52.5 Å². The summed E-state index contributed by atoms with van der Waals surface area (Å²) in [6, 6.07) is 0. The van der Waals surface area contributed by atoms with Crippen LogP contribution in [-0.2, 0) is 14.8 Å². The first-order valence-corrected chi connectivity index (χ1v) is 10.5. The third-order valence-electron chi connectivity index (χ3n) is 5.20. The number of rotatable bonds is 9. The van der Waals surface area contributed by atoms with Crippen molar-refractivity contribution in [2.45, 2.75) is 52.9 Å². The predicted octanol–water partition coefficient (Wildman–Crippen LogP) is 1.97. The Kier molecular flexibility index (Phi) is 8.24. The highest BCUT2D eigenvalue weighted by molar-refractivity contribution is 7.89. The minimum absolute atomic E-state index is 0.0859. The van der Waals surface area contributed by atoms with Crippen LogP contribution in [0.25, 0.3) is 0 Å². The molecule has 0 fully saturated rings. The third kappa shape index (κ3) is 5.53. The number of amides is 1. The highest BCUT2D eigenvalue weighted by Gasteiger charge is 2.23. The number of carbonyl (C=O) groups is 1. The summed E-state index contributed by atoms with van der Waals surface area (Å²) in [5.74, 6) is -0.151. The lowest BCUT2D eigenvalue weighted by Gasteiger charge is -2.19. The number of hydrogen-bond donors (Lipinski definition) is 2. The largest absolute Gasteiger partial charge is 0.355 e.